The van der Waals surface area contributed by atoms with Gasteiger partial charge >= 0.3 is 6.09 Å². The van der Waals surface area contributed by atoms with Crippen molar-refractivity contribution in [3.8, 4) is 0 Å². The highest BCUT2D eigenvalue weighted by molar-refractivity contribution is 9.10. The van der Waals surface area contributed by atoms with Crippen molar-refractivity contribution < 1.29 is 9.90 Å². The van der Waals surface area contributed by atoms with Gasteiger partial charge in [-0.25, -0.2) is 4.79 Å². The first-order valence-electron chi connectivity index (χ1n) is 3.88. The maximum Gasteiger partial charge on any atom is 0.407 e. The molecule has 0 bridgehead atoms. The molecule has 1 aromatic rings. The molecule has 0 aliphatic carbocycles. The highest BCUT2D eigenvalue weighted by Crippen LogP contribution is 2.23. The molecule has 0 heterocycles. The Kier molecular flexibility index (Phi) is 3.77. The minimum absolute atomic E-state index is 0.352. The Morgan fingerprint density at radius 3 is 2.79 bits per heavy atom. The number of hydrogen-bond donors (Lipinski definition) is 1. The van der Waals surface area contributed by atoms with Gasteiger partial charge in [-0.15, -0.1) is 0 Å². The van der Waals surface area contributed by atoms with Crippen molar-refractivity contribution in [3.63, 3.8) is 0 Å². The van der Waals surface area contributed by atoms with Gasteiger partial charge in [0.05, 0.1) is 5.02 Å². The molecule has 0 radical (unpaired) electrons. The van der Waals surface area contributed by atoms with Gasteiger partial charge in [0.25, 0.3) is 0 Å². The monoisotopic (exact) mass is 277 g/mol. The Balaban J connectivity index is 2.78. The highest BCUT2D eigenvalue weighted by Gasteiger charge is 2.06. The van der Waals surface area contributed by atoms with Crippen LogP contribution in [-0.2, 0) is 6.54 Å². The molecule has 0 unspecified atom stereocenters. The molecular weight excluding hydrogens is 269 g/mol. The summed E-state index contributed by atoms with van der Waals surface area (Å²) in [7, 11) is 1.52. The van der Waals surface area contributed by atoms with Crippen LogP contribution in [0.4, 0.5) is 4.79 Å². The van der Waals surface area contributed by atoms with Crippen LogP contribution in [0.15, 0.2) is 22.7 Å². The third-order valence-corrected chi connectivity index (χ3v) is 2.94. The van der Waals surface area contributed by atoms with Crippen LogP contribution >= 0.6 is 27.5 Å². The summed E-state index contributed by atoms with van der Waals surface area (Å²) >= 11 is 9.08. The summed E-state index contributed by atoms with van der Waals surface area (Å²) in [4.78, 5) is 11.7. The summed E-state index contributed by atoms with van der Waals surface area (Å²) in [6, 6.07) is 5.34. The molecule has 1 N–H and O–H groups in total. The first kappa shape index (κ1) is 11.3. The van der Waals surface area contributed by atoms with Gasteiger partial charge in [-0.3, -0.25) is 0 Å². The van der Waals surface area contributed by atoms with E-state index in [1.807, 2.05) is 6.07 Å². The fourth-order valence-corrected chi connectivity index (χ4v) is 1.52. The zero-order valence-corrected chi connectivity index (χ0v) is 9.84. The fourth-order valence-electron chi connectivity index (χ4n) is 0.979. The van der Waals surface area contributed by atoms with E-state index in [-0.39, 0.29) is 0 Å². The summed E-state index contributed by atoms with van der Waals surface area (Å²) in [5.41, 5.74) is 0.895. The molecule has 0 aliphatic rings. The molecule has 0 saturated carbocycles. The van der Waals surface area contributed by atoms with E-state index in [2.05, 4.69) is 15.9 Å². The van der Waals surface area contributed by atoms with Gasteiger partial charge in [0.1, 0.15) is 0 Å². The van der Waals surface area contributed by atoms with Gasteiger partial charge in [-0.05, 0) is 33.6 Å². The molecule has 0 saturated heterocycles. The second kappa shape index (κ2) is 4.66. The third-order valence-electron chi connectivity index (χ3n) is 1.73. The van der Waals surface area contributed by atoms with Crippen molar-refractivity contribution in [2.75, 3.05) is 7.05 Å². The summed E-state index contributed by atoms with van der Waals surface area (Å²) in [5, 5.41) is 9.27. The minimum atomic E-state index is -0.948. The Labute approximate surface area is 95.4 Å². The standard InChI is InChI=1S/C9H9BrClNO2/c1-12(9(13)14)5-6-2-3-8(11)7(10)4-6/h2-4H,5H2,1H3,(H,13,14). The van der Waals surface area contributed by atoms with Gasteiger partial charge < -0.3 is 10.0 Å². The number of carbonyl (C=O) groups is 1. The predicted molar refractivity (Wildman–Crippen MR) is 58.6 cm³/mol. The zero-order valence-electron chi connectivity index (χ0n) is 7.50. The van der Waals surface area contributed by atoms with Crippen LogP contribution < -0.4 is 0 Å². The van der Waals surface area contributed by atoms with Crippen LogP contribution in [0.25, 0.3) is 0 Å². The Morgan fingerprint density at radius 1 is 1.64 bits per heavy atom. The number of halogens is 2. The number of benzene rings is 1. The third kappa shape index (κ3) is 2.89. The molecule has 0 aromatic heterocycles. The van der Waals surface area contributed by atoms with E-state index in [9.17, 15) is 4.79 Å². The minimum Gasteiger partial charge on any atom is -0.465 e. The molecule has 1 aromatic carbocycles. The van der Waals surface area contributed by atoms with E-state index in [1.165, 1.54) is 11.9 Å². The molecule has 0 atom stereocenters. The second-order valence-corrected chi connectivity index (χ2v) is 4.15. The fraction of sp³-hybridized carbons (Fsp3) is 0.222. The first-order valence-corrected chi connectivity index (χ1v) is 5.06. The van der Waals surface area contributed by atoms with Crippen LogP contribution in [0.1, 0.15) is 5.56 Å². The van der Waals surface area contributed by atoms with Gasteiger partial charge in [-0.2, -0.15) is 0 Å². The molecule has 0 aliphatic heterocycles. The van der Waals surface area contributed by atoms with Crippen molar-refractivity contribution in [1.82, 2.24) is 4.90 Å². The molecule has 3 nitrogen and oxygen atoms in total. The molecule has 0 fully saturated rings. The summed E-state index contributed by atoms with van der Waals surface area (Å²) in [5.74, 6) is 0. The number of carboxylic acid groups (broad SMARTS) is 1. The smallest absolute Gasteiger partial charge is 0.407 e. The van der Waals surface area contributed by atoms with Crippen LogP contribution in [-0.4, -0.2) is 23.1 Å². The number of hydrogen-bond acceptors (Lipinski definition) is 1. The number of nitrogens with zero attached hydrogens (tertiary/aromatic N) is 1. The quantitative estimate of drug-likeness (QED) is 0.902. The van der Waals surface area contributed by atoms with Crippen molar-refractivity contribution in [2.24, 2.45) is 0 Å². The van der Waals surface area contributed by atoms with E-state index in [4.69, 9.17) is 16.7 Å². The van der Waals surface area contributed by atoms with Gasteiger partial charge in [0.15, 0.2) is 0 Å². The molecule has 0 spiro atoms. The van der Waals surface area contributed by atoms with Crippen molar-refractivity contribution in [1.29, 1.82) is 0 Å². The predicted octanol–water partition coefficient (Wildman–Crippen LogP) is 3.21. The molecular formula is C9H9BrClNO2. The van der Waals surface area contributed by atoms with Gasteiger partial charge in [-0.1, -0.05) is 17.7 Å². The lowest BCUT2D eigenvalue weighted by molar-refractivity contribution is 0.153. The van der Waals surface area contributed by atoms with E-state index in [0.29, 0.717) is 11.6 Å². The maximum absolute atomic E-state index is 10.5. The Morgan fingerprint density at radius 2 is 2.29 bits per heavy atom. The Bertz CT molecular complexity index is 357. The largest absolute Gasteiger partial charge is 0.465 e. The van der Waals surface area contributed by atoms with E-state index in [0.717, 1.165) is 10.0 Å². The zero-order chi connectivity index (χ0) is 10.7. The average molecular weight is 279 g/mol. The van der Waals surface area contributed by atoms with Gasteiger partial charge in [0, 0.05) is 18.1 Å². The van der Waals surface area contributed by atoms with Crippen LogP contribution in [0.3, 0.4) is 0 Å². The molecule has 76 valence electrons. The summed E-state index contributed by atoms with van der Waals surface area (Å²) in [6.45, 7) is 0.352. The van der Waals surface area contributed by atoms with Crippen molar-refractivity contribution >= 4 is 33.6 Å². The van der Waals surface area contributed by atoms with Crippen LogP contribution in [0.2, 0.25) is 5.02 Å². The van der Waals surface area contributed by atoms with Crippen LogP contribution in [0, 0.1) is 0 Å². The van der Waals surface area contributed by atoms with E-state index >= 15 is 0 Å². The summed E-state index contributed by atoms with van der Waals surface area (Å²) in [6.07, 6.45) is -0.948. The topological polar surface area (TPSA) is 40.5 Å². The van der Waals surface area contributed by atoms with E-state index in [1.54, 1.807) is 12.1 Å². The summed E-state index contributed by atoms with van der Waals surface area (Å²) < 4.78 is 0.774. The Hall–Kier alpha value is -0.740. The lowest BCUT2D eigenvalue weighted by Crippen LogP contribution is -2.23. The maximum atomic E-state index is 10.5. The lowest BCUT2D eigenvalue weighted by Gasteiger charge is -2.13. The lowest BCUT2D eigenvalue weighted by atomic mass is 10.2. The van der Waals surface area contributed by atoms with Gasteiger partial charge in [0.2, 0.25) is 0 Å². The molecule has 1 rings (SSSR count). The molecule has 14 heavy (non-hydrogen) atoms. The normalized spacial score (nSPS) is 9.93. The van der Waals surface area contributed by atoms with Crippen LogP contribution in [0.5, 0.6) is 0 Å². The molecule has 1 amide bonds. The van der Waals surface area contributed by atoms with Crippen molar-refractivity contribution in [2.45, 2.75) is 6.54 Å². The first-order chi connectivity index (χ1) is 6.50. The molecule has 5 heteroatoms. The highest BCUT2D eigenvalue weighted by atomic mass is 79.9. The number of rotatable bonds is 2. The van der Waals surface area contributed by atoms with E-state index < -0.39 is 6.09 Å². The average Bonchev–Trinajstić information content (AvgIpc) is 2.11. The number of amides is 1. The SMILES string of the molecule is CN(Cc1ccc(Cl)c(Br)c1)C(=O)O. The second-order valence-electron chi connectivity index (χ2n) is 2.89. The van der Waals surface area contributed by atoms with Crippen molar-refractivity contribution in [3.05, 3.63) is 33.3 Å².